The summed E-state index contributed by atoms with van der Waals surface area (Å²) in [6.07, 6.45) is -0.462. The molecule has 0 radical (unpaired) electrons. The van der Waals surface area contributed by atoms with Crippen LogP contribution in [0.5, 0.6) is 17.2 Å². The summed E-state index contributed by atoms with van der Waals surface area (Å²) in [4.78, 5) is 26.7. The van der Waals surface area contributed by atoms with Crippen LogP contribution in [0, 0.1) is 0 Å². The first-order valence-corrected chi connectivity index (χ1v) is 12.5. The average molecular weight is 524 g/mol. The molecule has 198 valence electrons. The highest BCUT2D eigenvalue weighted by Crippen LogP contribution is 2.37. The van der Waals surface area contributed by atoms with E-state index in [2.05, 4.69) is 10.6 Å². The highest BCUT2D eigenvalue weighted by molar-refractivity contribution is 6.02. The van der Waals surface area contributed by atoms with E-state index in [1.165, 1.54) is 13.0 Å². The SMILES string of the molecule is COc1ccc(C2Nc3ccc(O)cc3C(=O)N2Cc2ccccc2)cc1COc1ccc(NC(C)=O)cc1. The molecule has 8 nitrogen and oxygen atoms in total. The molecule has 3 N–H and O–H groups in total. The predicted molar refractivity (Wildman–Crippen MR) is 149 cm³/mol. The molecule has 0 aromatic heterocycles. The monoisotopic (exact) mass is 523 g/mol. The second-order valence-electron chi connectivity index (χ2n) is 9.26. The van der Waals surface area contributed by atoms with E-state index in [-0.39, 0.29) is 24.2 Å². The molecule has 0 spiro atoms. The molecule has 0 saturated heterocycles. The summed E-state index contributed by atoms with van der Waals surface area (Å²) in [5.41, 5.74) is 4.42. The Hall–Kier alpha value is -4.98. The minimum absolute atomic E-state index is 0.0380. The molecule has 1 aliphatic rings. The van der Waals surface area contributed by atoms with Crippen LogP contribution in [0.3, 0.4) is 0 Å². The number of aromatic hydroxyl groups is 1. The standard InChI is InChI=1S/C31H29N3O5/c1-20(35)32-24-9-12-26(13-10-24)39-19-23-16-22(8-15-29(23)38-2)30-33-28-14-11-25(36)17-27(28)31(37)34(30)18-21-6-4-3-5-7-21/h3-17,30,33,36H,18-19H2,1-2H3,(H,32,35). The average Bonchev–Trinajstić information content (AvgIpc) is 2.94. The summed E-state index contributed by atoms with van der Waals surface area (Å²) in [6.45, 7) is 2.08. The van der Waals surface area contributed by atoms with Crippen molar-refractivity contribution in [3.8, 4) is 17.2 Å². The van der Waals surface area contributed by atoms with Gasteiger partial charge in [0.1, 0.15) is 30.0 Å². The van der Waals surface area contributed by atoms with Gasteiger partial charge in [-0.3, -0.25) is 9.59 Å². The number of benzene rings is 4. The number of amides is 2. The van der Waals surface area contributed by atoms with Crippen LogP contribution in [0.1, 0.15) is 40.1 Å². The number of phenolic OH excluding ortho intramolecular Hbond substituents is 1. The third kappa shape index (κ3) is 5.80. The third-order valence-corrected chi connectivity index (χ3v) is 6.48. The van der Waals surface area contributed by atoms with Gasteiger partial charge in [-0.05, 0) is 65.7 Å². The zero-order chi connectivity index (χ0) is 27.4. The Labute approximate surface area is 226 Å². The Kier molecular flexibility index (Phi) is 7.36. The predicted octanol–water partition coefficient (Wildman–Crippen LogP) is 5.70. The van der Waals surface area contributed by atoms with Crippen LogP contribution in [0.15, 0.2) is 91.0 Å². The van der Waals surface area contributed by atoms with Gasteiger partial charge in [0.05, 0.1) is 12.7 Å². The van der Waals surface area contributed by atoms with Crippen LogP contribution in [0.2, 0.25) is 0 Å². The maximum absolute atomic E-state index is 13.7. The second-order valence-corrected chi connectivity index (χ2v) is 9.26. The van der Waals surface area contributed by atoms with Crippen molar-refractivity contribution in [1.29, 1.82) is 0 Å². The maximum atomic E-state index is 13.7. The molecular weight excluding hydrogens is 494 g/mol. The van der Waals surface area contributed by atoms with Crippen molar-refractivity contribution >= 4 is 23.2 Å². The van der Waals surface area contributed by atoms with E-state index in [0.717, 1.165) is 16.7 Å². The maximum Gasteiger partial charge on any atom is 0.258 e. The normalized spacial score (nSPS) is 14.3. The van der Waals surface area contributed by atoms with Crippen LogP contribution < -0.4 is 20.1 Å². The smallest absolute Gasteiger partial charge is 0.258 e. The van der Waals surface area contributed by atoms with Crippen molar-refractivity contribution in [2.24, 2.45) is 0 Å². The molecule has 1 unspecified atom stereocenters. The van der Waals surface area contributed by atoms with Gasteiger partial charge in [0, 0.05) is 30.4 Å². The van der Waals surface area contributed by atoms with Crippen molar-refractivity contribution in [3.63, 3.8) is 0 Å². The number of ether oxygens (including phenoxy) is 2. The van der Waals surface area contributed by atoms with E-state index < -0.39 is 6.17 Å². The van der Waals surface area contributed by atoms with E-state index in [1.54, 1.807) is 48.4 Å². The number of nitrogens with zero attached hydrogens (tertiary/aromatic N) is 1. The molecule has 8 heteroatoms. The first-order valence-electron chi connectivity index (χ1n) is 12.5. The largest absolute Gasteiger partial charge is 0.508 e. The fraction of sp³-hybridized carbons (Fsp3) is 0.161. The number of methoxy groups -OCH3 is 1. The topological polar surface area (TPSA) is 100 Å². The second kappa shape index (κ2) is 11.2. The Morgan fingerprint density at radius 2 is 1.77 bits per heavy atom. The summed E-state index contributed by atoms with van der Waals surface area (Å²) < 4.78 is 11.6. The number of carbonyl (C=O) groups is 2. The minimum Gasteiger partial charge on any atom is -0.508 e. The lowest BCUT2D eigenvalue weighted by Gasteiger charge is -2.38. The summed E-state index contributed by atoms with van der Waals surface area (Å²) in [7, 11) is 1.60. The van der Waals surface area contributed by atoms with Gasteiger partial charge in [-0.15, -0.1) is 0 Å². The first kappa shape index (κ1) is 25.7. The fourth-order valence-corrected chi connectivity index (χ4v) is 4.62. The Morgan fingerprint density at radius 1 is 1.00 bits per heavy atom. The summed E-state index contributed by atoms with van der Waals surface area (Å²) in [5.74, 6) is 1.02. The lowest BCUT2D eigenvalue weighted by atomic mass is 10.0. The minimum atomic E-state index is -0.462. The Morgan fingerprint density at radius 3 is 2.49 bits per heavy atom. The lowest BCUT2D eigenvalue weighted by molar-refractivity contribution is -0.114. The zero-order valence-electron chi connectivity index (χ0n) is 21.7. The van der Waals surface area contributed by atoms with Gasteiger partial charge < -0.3 is 30.1 Å². The zero-order valence-corrected chi connectivity index (χ0v) is 21.7. The Balaban J connectivity index is 1.44. The molecule has 2 amide bonds. The van der Waals surface area contributed by atoms with Crippen LogP contribution >= 0.6 is 0 Å². The summed E-state index contributed by atoms with van der Waals surface area (Å²) in [6, 6.07) is 27.4. The number of anilines is 2. The quantitative estimate of drug-likeness (QED) is 0.256. The highest BCUT2D eigenvalue weighted by atomic mass is 16.5. The number of rotatable bonds is 8. The van der Waals surface area contributed by atoms with Crippen LogP contribution in [-0.4, -0.2) is 28.9 Å². The van der Waals surface area contributed by atoms with Crippen molar-refractivity contribution in [1.82, 2.24) is 4.90 Å². The molecule has 0 aliphatic carbocycles. The molecule has 0 saturated carbocycles. The van der Waals surface area contributed by atoms with E-state index in [4.69, 9.17) is 9.47 Å². The summed E-state index contributed by atoms with van der Waals surface area (Å²) >= 11 is 0. The molecule has 4 aromatic rings. The van der Waals surface area contributed by atoms with Gasteiger partial charge in [-0.2, -0.15) is 0 Å². The third-order valence-electron chi connectivity index (χ3n) is 6.48. The van der Waals surface area contributed by atoms with Crippen LogP contribution in [0.25, 0.3) is 0 Å². The first-order chi connectivity index (χ1) is 18.9. The molecule has 39 heavy (non-hydrogen) atoms. The molecule has 0 fully saturated rings. The van der Waals surface area contributed by atoms with Crippen molar-refractivity contribution in [3.05, 3.63) is 113 Å². The van der Waals surface area contributed by atoms with E-state index in [0.29, 0.717) is 35.0 Å². The van der Waals surface area contributed by atoms with E-state index >= 15 is 0 Å². The highest BCUT2D eigenvalue weighted by Gasteiger charge is 2.33. The fourth-order valence-electron chi connectivity index (χ4n) is 4.62. The molecule has 5 rings (SSSR count). The number of phenols is 1. The molecular formula is C31H29N3O5. The number of fused-ring (bicyclic) bond motifs is 1. The van der Waals surface area contributed by atoms with E-state index in [1.807, 2.05) is 48.5 Å². The number of carbonyl (C=O) groups excluding carboxylic acids is 2. The Bertz CT molecular complexity index is 1490. The lowest BCUT2D eigenvalue weighted by Crippen LogP contribution is -2.42. The van der Waals surface area contributed by atoms with Crippen molar-refractivity contribution < 1.29 is 24.2 Å². The van der Waals surface area contributed by atoms with Gasteiger partial charge in [0.15, 0.2) is 0 Å². The number of hydrogen-bond donors (Lipinski definition) is 3. The molecule has 1 atom stereocenters. The van der Waals surface area contributed by atoms with Crippen LogP contribution in [0.4, 0.5) is 11.4 Å². The summed E-state index contributed by atoms with van der Waals surface area (Å²) in [5, 5.41) is 16.2. The van der Waals surface area contributed by atoms with Crippen LogP contribution in [-0.2, 0) is 17.9 Å². The van der Waals surface area contributed by atoms with Crippen molar-refractivity contribution in [2.45, 2.75) is 26.2 Å². The van der Waals surface area contributed by atoms with E-state index in [9.17, 15) is 14.7 Å². The molecule has 1 aliphatic heterocycles. The van der Waals surface area contributed by atoms with Gasteiger partial charge >= 0.3 is 0 Å². The van der Waals surface area contributed by atoms with Gasteiger partial charge in [0.2, 0.25) is 5.91 Å². The molecule has 1 heterocycles. The van der Waals surface area contributed by atoms with Gasteiger partial charge in [-0.1, -0.05) is 36.4 Å². The molecule has 0 bridgehead atoms. The van der Waals surface area contributed by atoms with Crippen molar-refractivity contribution in [2.75, 3.05) is 17.7 Å². The number of hydrogen-bond acceptors (Lipinski definition) is 6. The van der Waals surface area contributed by atoms with Gasteiger partial charge in [0.25, 0.3) is 5.91 Å². The molecule has 4 aromatic carbocycles. The van der Waals surface area contributed by atoms with Gasteiger partial charge in [-0.25, -0.2) is 0 Å². The number of nitrogens with one attached hydrogen (secondary N) is 2.